The van der Waals surface area contributed by atoms with Gasteiger partial charge in [-0.1, -0.05) is 18.2 Å². The Hall–Kier alpha value is -1.73. The zero-order valence-electron chi connectivity index (χ0n) is 11.2. The van der Waals surface area contributed by atoms with Gasteiger partial charge in [-0.2, -0.15) is 4.31 Å². The average molecular weight is 300 g/mol. The van der Waals surface area contributed by atoms with Gasteiger partial charge in [-0.05, 0) is 17.7 Å². The van der Waals surface area contributed by atoms with Crippen molar-refractivity contribution in [2.45, 2.75) is 6.54 Å². The van der Waals surface area contributed by atoms with Gasteiger partial charge in [0.25, 0.3) is 0 Å². The number of sulfonamides is 1. The first-order valence-corrected chi connectivity index (χ1v) is 7.75. The van der Waals surface area contributed by atoms with Gasteiger partial charge in [0, 0.05) is 13.1 Å². The van der Waals surface area contributed by atoms with Gasteiger partial charge in [0.1, 0.15) is 5.82 Å². The van der Waals surface area contributed by atoms with Gasteiger partial charge in [0.15, 0.2) is 0 Å². The molecule has 0 radical (unpaired) electrons. The maximum absolute atomic E-state index is 12.8. The Bertz CT molecular complexity index is 570. The lowest BCUT2D eigenvalue weighted by Crippen LogP contribution is -2.39. The highest BCUT2D eigenvalue weighted by atomic mass is 32.2. The summed E-state index contributed by atoms with van der Waals surface area (Å²) in [5.41, 5.74) is 0.605. The number of rotatable bonds is 7. The van der Waals surface area contributed by atoms with Crippen LogP contribution < -0.4 is 5.32 Å². The highest BCUT2D eigenvalue weighted by molar-refractivity contribution is 7.88. The summed E-state index contributed by atoms with van der Waals surface area (Å²) in [5, 5.41) is 2.51. The van der Waals surface area contributed by atoms with Crippen LogP contribution in [0.5, 0.6) is 0 Å². The summed E-state index contributed by atoms with van der Waals surface area (Å²) in [6.07, 6.45) is 2.53. The molecular formula is C13H17FN2O3S. The van der Waals surface area contributed by atoms with E-state index in [0.717, 1.165) is 10.6 Å². The lowest BCUT2D eigenvalue weighted by molar-refractivity contribution is -0.121. The third-order valence-electron chi connectivity index (χ3n) is 2.50. The zero-order chi connectivity index (χ0) is 15.2. The van der Waals surface area contributed by atoms with E-state index in [-0.39, 0.29) is 19.6 Å². The van der Waals surface area contributed by atoms with E-state index in [1.807, 2.05) is 0 Å². The molecule has 0 aliphatic carbocycles. The van der Waals surface area contributed by atoms with Gasteiger partial charge in [0.2, 0.25) is 15.9 Å². The number of halogens is 1. The Labute approximate surface area is 118 Å². The lowest BCUT2D eigenvalue weighted by Gasteiger charge is -2.19. The summed E-state index contributed by atoms with van der Waals surface area (Å²) in [5.74, 6) is -0.819. The molecule has 110 valence electrons. The molecule has 0 saturated heterocycles. The SMILES string of the molecule is C=CCNC(=O)CN(Cc1ccc(F)cc1)S(C)(=O)=O. The molecule has 0 aromatic heterocycles. The van der Waals surface area contributed by atoms with Crippen LogP contribution in [0.25, 0.3) is 0 Å². The molecule has 1 amide bonds. The van der Waals surface area contributed by atoms with Crippen LogP contribution >= 0.6 is 0 Å². The van der Waals surface area contributed by atoms with Crippen molar-refractivity contribution < 1.29 is 17.6 Å². The van der Waals surface area contributed by atoms with Crippen LogP contribution in [-0.4, -0.2) is 38.0 Å². The van der Waals surface area contributed by atoms with Crippen LogP contribution in [0.2, 0.25) is 0 Å². The molecule has 0 spiro atoms. The van der Waals surface area contributed by atoms with Crippen LogP contribution in [-0.2, 0) is 21.4 Å². The number of nitrogens with one attached hydrogen (secondary N) is 1. The molecular weight excluding hydrogens is 283 g/mol. The maximum Gasteiger partial charge on any atom is 0.235 e. The lowest BCUT2D eigenvalue weighted by atomic mass is 10.2. The molecule has 1 rings (SSSR count). The molecule has 0 fully saturated rings. The first kappa shape index (κ1) is 16.3. The fourth-order valence-corrected chi connectivity index (χ4v) is 2.22. The molecule has 0 saturated carbocycles. The van der Waals surface area contributed by atoms with Crippen molar-refractivity contribution in [1.82, 2.24) is 9.62 Å². The zero-order valence-corrected chi connectivity index (χ0v) is 12.0. The van der Waals surface area contributed by atoms with E-state index in [4.69, 9.17) is 0 Å². The molecule has 1 aromatic carbocycles. The minimum atomic E-state index is -3.54. The molecule has 0 atom stereocenters. The van der Waals surface area contributed by atoms with Gasteiger partial charge < -0.3 is 5.32 Å². The Balaban J connectivity index is 2.78. The summed E-state index contributed by atoms with van der Waals surface area (Å²) >= 11 is 0. The predicted molar refractivity (Wildman–Crippen MR) is 74.9 cm³/mol. The van der Waals surface area contributed by atoms with Crippen LogP contribution in [0, 0.1) is 5.82 Å². The number of hydrogen-bond donors (Lipinski definition) is 1. The standard InChI is InChI=1S/C13H17FN2O3S/c1-3-8-15-13(17)10-16(20(2,18)19)9-11-4-6-12(14)7-5-11/h3-7H,1,8-10H2,2H3,(H,15,17). The summed E-state index contributed by atoms with van der Waals surface area (Å²) in [4.78, 5) is 11.6. The number of carbonyl (C=O) groups excluding carboxylic acids is 1. The fraction of sp³-hybridized carbons (Fsp3) is 0.308. The Morgan fingerprint density at radius 2 is 2.00 bits per heavy atom. The van der Waals surface area contributed by atoms with Crippen molar-refractivity contribution in [3.63, 3.8) is 0 Å². The topological polar surface area (TPSA) is 66.5 Å². The molecule has 0 heterocycles. The Kier molecular flexibility index (Phi) is 5.84. The number of amides is 1. The smallest absolute Gasteiger partial charge is 0.235 e. The maximum atomic E-state index is 12.8. The Morgan fingerprint density at radius 1 is 1.40 bits per heavy atom. The molecule has 0 unspecified atom stereocenters. The van der Waals surface area contributed by atoms with E-state index in [2.05, 4.69) is 11.9 Å². The van der Waals surface area contributed by atoms with Gasteiger partial charge in [-0.3, -0.25) is 4.79 Å². The molecule has 1 aromatic rings. The van der Waals surface area contributed by atoms with Gasteiger partial charge in [-0.25, -0.2) is 12.8 Å². The van der Waals surface area contributed by atoms with Gasteiger partial charge in [0.05, 0.1) is 12.8 Å². The highest BCUT2D eigenvalue weighted by Crippen LogP contribution is 2.09. The van der Waals surface area contributed by atoms with E-state index in [1.54, 1.807) is 0 Å². The normalized spacial score (nSPS) is 11.3. The quantitative estimate of drug-likeness (QED) is 0.761. The molecule has 20 heavy (non-hydrogen) atoms. The van der Waals surface area contributed by atoms with E-state index in [0.29, 0.717) is 5.56 Å². The number of nitrogens with zero attached hydrogens (tertiary/aromatic N) is 1. The summed E-state index contributed by atoms with van der Waals surface area (Å²) < 4.78 is 37.2. The fourth-order valence-electron chi connectivity index (χ4n) is 1.49. The highest BCUT2D eigenvalue weighted by Gasteiger charge is 2.20. The van der Waals surface area contributed by atoms with E-state index >= 15 is 0 Å². The van der Waals surface area contributed by atoms with Crippen LogP contribution in [0.1, 0.15) is 5.56 Å². The molecule has 5 nitrogen and oxygen atoms in total. The summed E-state index contributed by atoms with van der Waals surface area (Å²) in [6, 6.07) is 5.45. The second-order valence-electron chi connectivity index (χ2n) is 4.25. The van der Waals surface area contributed by atoms with Gasteiger partial charge in [-0.15, -0.1) is 6.58 Å². The predicted octanol–water partition coefficient (Wildman–Crippen LogP) is 0.889. The number of benzene rings is 1. The summed E-state index contributed by atoms with van der Waals surface area (Å²) in [6.45, 7) is 3.45. The number of carbonyl (C=O) groups is 1. The third kappa shape index (κ3) is 5.50. The molecule has 0 bridgehead atoms. The second-order valence-corrected chi connectivity index (χ2v) is 6.23. The van der Waals surface area contributed by atoms with Crippen molar-refractivity contribution in [3.8, 4) is 0 Å². The van der Waals surface area contributed by atoms with Gasteiger partial charge >= 0.3 is 0 Å². The minimum absolute atomic E-state index is 0.0145. The third-order valence-corrected chi connectivity index (χ3v) is 3.70. The van der Waals surface area contributed by atoms with E-state index in [9.17, 15) is 17.6 Å². The molecule has 7 heteroatoms. The average Bonchev–Trinajstić information content (AvgIpc) is 2.37. The molecule has 0 aliphatic heterocycles. The van der Waals surface area contributed by atoms with Crippen molar-refractivity contribution in [3.05, 3.63) is 48.3 Å². The second kappa shape index (κ2) is 7.16. The van der Waals surface area contributed by atoms with Crippen LogP contribution in [0.4, 0.5) is 4.39 Å². The monoisotopic (exact) mass is 300 g/mol. The van der Waals surface area contributed by atoms with Crippen molar-refractivity contribution in [1.29, 1.82) is 0 Å². The van der Waals surface area contributed by atoms with Crippen LogP contribution in [0.15, 0.2) is 36.9 Å². The molecule has 1 N–H and O–H groups in total. The van der Waals surface area contributed by atoms with Crippen LogP contribution in [0.3, 0.4) is 0 Å². The summed E-state index contributed by atoms with van der Waals surface area (Å²) in [7, 11) is -3.54. The Morgan fingerprint density at radius 3 is 2.50 bits per heavy atom. The van der Waals surface area contributed by atoms with Crippen molar-refractivity contribution >= 4 is 15.9 Å². The minimum Gasteiger partial charge on any atom is -0.351 e. The first-order valence-electron chi connectivity index (χ1n) is 5.90. The molecule has 0 aliphatic rings. The van der Waals surface area contributed by atoms with Crippen molar-refractivity contribution in [2.24, 2.45) is 0 Å². The largest absolute Gasteiger partial charge is 0.351 e. The van der Waals surface area contributed by atoms with E-state index in [1.165, 1.54) is 30.3 Å². The first-order chi connectivity index (χ1) is 9.32. The van der Waals surface area contributed by atoms with E-state index < -0.39 is 21.7 Å². The van der Waals surface area contributed by atoms with Crippen molar-refractivity contribution in [2.75, 3.05) is 19.3 Å². The number of hydrogen-bond acceptors (Lipinski definition) is 3.